The molecule has 0 radical (unpaired) electrons. The normalized spacial score (nSPS) is 12.6. The monoisotopic (exact) mass is 375 g/mol. The van der Waals surface area contributed by atoms with Crippen molar-refractivity contribution < 1.29 is 4.57 Å². The third-order valence-corrected chi connectivity index (χ3v) is 5.67. The molecule has 1 heterocycles. The molecule has 0 saturated carbocycles. The average Bonchev–Trinajstić information content (AvgIpc) is 2.56. The zero-order valence-electron chi connectivity index (χ0n) is 19.1. The molecular weight excluding hydrogens is 340 g/mol. The first-order valence-electron chi connectivity index (χ1n) is 10.3. The Labute approximate surface area is 170 Å². The molecule has 3 rings (SSSR count). The van der Waals surface area contributed by atoms with Gasteiger partial charge in [-0.25, -0.2) is 4.98 Å². The van der Waals surface area contributed by atoms with E-state index in [9.17, 15) is 0 Å². The third-order valence-electron chi connectivity index (χ3n) is 5.67. The number of hydrogen-bond acceptors (Lipinski definition) is 1. The number of aromatic nitrogens is 2. The summed E-state index contributed by atoms with van der Waals surface area (Å²) < 4.78 is 2.31. The van der Waals surface area contributed by atoms with E-state index in [1.54, 1.807) is 0 Å². The summed E-state index contributed by atoms with van der Waals surface area (Å²) in [7, 11) is 2.17. The van der Waals surface area contributed by atoms with Gasteiger partial charge in [0.2, 0.25) is 11.2 Å². The van der Waals surface area contributed by atoms with Gasteiger partial charge in [0.05, 0.1) is 5.56 Å². The van der Waals surface area contributed by atoms with Crippen molar-refractivity contribution in [3.63, 3.8) is 0 Å². The molecule has 0 aliphatic rings. The molecule has 0 spiro atoms. The van der Waals surface area contributed by atoms with Crippen molar-refractivity contribution in [3.8, 4) is 11.3 Å². The standard InChI is InChI=1S/C26H35N2/c1-17-13-20(26(6,7)8)14-21(18(17)2)23-16-27-24-19(15-25(3,4)5)11-10-12-22(24)28(23)9/h10-14,16H,15H2,1-9H3/q+1. The van der Waals surface area contributed by atoms with E-state index in [-0.39, 0.29) is 10.8 Å². The van der Waals surface area contributed by atoms with Crippen LogP contribution in [0.5, 0.6) is 0 Å². The molecule has 0 N–H and O–H groups in total. The fourth-order valence-electron chi connectivity index (χ4n) is 3.86. The zero-order valence-corrected chi connectivity index (χ0v) is 19.1. The molecule has 0 bridgehead atoms. The highest BCUT2D eigenvalue weighted by molar-refractivity contribution is 5.77. The van der Waals surface area contributed by atoms with Gasteiger partial charge in [-0.05, 0) is 59.4 Å². The Morgan fingerprint density at radius 3 is 2.25 bits per heavy atom. The summed E-state index contributed by atoms with van der Waals surface area (Å²) in [6, 6.07) is 11.3. The Morgan fingerprint density at radius 1 is 0.964 bits per heavy atom. The van der Waals surface area contributed by atoms with Crippen molar-refractivity contribution in [1.82, 2.24) is 4.98 Å². The largest absolute Gasteiger partial charge is 0.243 e. The van der Waals surface area contributed by atoms with Crippen LogP contribution in [0.3, 0.4) is 0 Å². The van der Waals surface area contributed by atoms with Gasteiger partial charge in [0, 0.05) is 6.07 Å². The van der Waals surface area contributed by atoms with Crippen LogP contribution in [-0.2, 0) is 18.9 Å². The molecule has 1 aromatic heterocycles. The van der Waals surface area contributed by atoms with E-state index in [2.05, 4.69) is 104 Å². The maximum atomic E-state index is 4.94. The number of para-hydroxylation sites is 1. The van der Waals surface area contributed by atoms with Crippen molar-refractivity contribution in [1.29, 1.82) is 0 Å². The van der Waals surface area contributed by atoms with Crippen LogP contribution in [0.4, 0.5) is 0 Å². The topological polar surface area (TPSA) is 16.8 Å². The number of rotatable bonds is 2. The summed E-state index contributed by atoms with van der Waals surface area (Å²) in [5.41, 5.74) is 10.5. The molecule has 0 amide bonds. The van der Waals surface area contributed by atoms with Crippen LogP contribution >= 0.6 is 0 Å². The van der Waals surface area contributed by atoms with Crippen molar-refractivity contribution in [2.45, 2.75) is 67.2 Å². The number of nitrogens with zero attached hydrogens (tertiary/aromatic N) is 2. The Hall–Kier alpha value is -2.22. The minimum Gasteiger partial charge on any atom is -0.243 e. The van der Waals surface area contributed by atoms with Crippen molar-refractivity contribution in [2.24, 2.45) is 12.5 Å². The fraction of sp³-hybridized carbons (Fsp3) is 0.462. The van der Waals surface area contributed by atoms with Gasteiger partial charge in [0.1, 0.15) is 18.8 Å². The van der Waals surface area contributed by atoms with Crippen LogP contribution in [0, 0.1) is 19.3 Å². The fourth-order valence-corrected chi connectivity index (χ4v) is 3.86. The van der Waals surface area contributed by atoms with E-state index >= 15 is 0 Å². The van der Waals surface area contributed by atoms with Crippen molar-refractivity contribution >= 4 is 11.0 Å². The minimum absolute atomic E-state index is 0.121. The molecule has 0 atom stereocenters. The summed E-state index contributed by atoms with van der Waals surface area (Å²) in [4.78, 5) is 4.94. The SMILES string of the molecule is Cc1cc(C(C)(C)C)cc(-c2cnc3c(CC(C)(C)C)cccc3[n+]2C)c1C. The molecule has 2 nitrogen and oxygen atoms in total. The molecule has 0 aliphatic heterocycles. The van der Waals surface area contributed by atoms with E-state index in [4.69, 9.17) is 4.98 Å². The van der Waals surface area contributed by atoms with E-state index < -0.39 is 0 Å². The highest BCUT2D eigenvalue weighted by Gasteiger charge is 2.23. The first-order chi connectivity index (χ1) is 12.9. The van der Waals surface area contributed by atoms with E-state index in [1.807, 2.05) is 0 Å². The van der Waals surface area contributed by atoms with Gasteiger partial charge in [-0.2, -0.15) is 4.57 Å². The van der Waals surface area contributed by atoms with Crippen LogP contribution in [0.1, 0.15) is 63.8 Å². The summed E-state index contributed by atoms with van der Waals surface area (Å²) >= 11 is 0. The molecular formula is C26H35N2+. The van der Waals surface area contributed by atoms with Gasteiger partial charge in [-0.1, -0.05) is 59.7 Å². The zero-order chi connectivity index (χ0) is 20.9. The average molecular weight is 376 g/mol. The lowest BCUT2D eigenvalue weighted by Crippen LogP contribution is -2.33. The van der Waals surface area contributed by atoms with E-state index in [0.29, 0.717) is 0 Å². The molecule has 28 heavy (non-hydrogen) atoms. The number of hydrogen-bond donors (Lipinski definition) is 0. The van der Waals surface area contributed by atoms with Crippen LogP contribution < -0.4 is 4.57 Å². The van der Waals surface area contributed by atoms with Gasteiger partial charge in [0.15, 0.2) is 0 Å². The number of aryl methyl sites for hydroxylation is 2. The predicted octanol–water partition coefficient (Wildman–Crippen LogP) is 6.23. The molecule has 2 aromatic carbocycles. The Balaban J connectivity index is 2.24. The van der Waals surface area contributed by atoms with Gasteiger partial charge >= 0.3 is 0 Å². The molecule has 0 unspecified atom stereocenters. The number of fused-ring (bicyclic) bond motifs is 1. The quantitative estimate of drug-likeness (QED) is 0.485. The Morgan fingerprint density at radius 2 is 1.64 bits per heavy atom. The minimum atomic E-state index is 0.121. The molecule has 2 heteroatoms. The summed E-state index contributed by atoms with van der Waals surface area (Å²) in [6.07, 6.45) is 3.08. The van der Waals surface area contributed by atoms with E-state index in [0.717, 1.165) is 11.9 Å². The van der Waals surface area contributed by atoms with Crippen molar-refractivity contribution in [2.75, 3.05) is 0 Å². The lowest BCUT2D eigenvalue weighted by atomic mass is 9.83. The van der Waals surface area contributed by atoms with Crippen LogP contribution in [0.2, 0.25) is 0 Å². The van der Waals surface area contributed by atoms with Crippen LogP contribution in [0.25, 0.3) is 22.3 Å². The molecule has 0 aliphatic carbocycles. The summed E-state index contributed by atoms with van der Waals surface area (Å²) in [6.45, 7) is 18.1. The van der Waals surface area contributed by atoms with Gasteiger partial charge in [-0.15, -0.1) is 0 Å². The van der Waals surface area contributed by atoms with Gasteiger partial charge in [-0.3, -0.25) is 0 Å². The molecule has 0 fully saturated rings. The second-order valence-corrected chi connectivity index (χ2v) is 10.4. The second-order valence-electron chi connectivity index (χ2n) is 10.4. The second kappa shape index (κ2) is 6.99. The first kappa shape index (κ1) is 20.5. The summed E-state index contributed by atoms with van der Waals surface area (Å²) in [5.74, 6) is 0. The maximum absolute atomic E-state index is 4.94. The predicted molar refractivity (Wildman–Crippen MR) is 120 cm³/mol. The first-order valence-corrected chi connectivity index (χ1v) is 10.3. The summed E-state index contributed by atoms with van der Waals surface area (Å²) in [5, 5.41) is 0. The highest BCUT2D eigenvalue weighted by Crippen LogP contribution is 2.32. The highest BCUT2D eigenvalue weighted by atomic mass is 15.0. The Bertz CT molecular complexity index is 1030. The Kier molecular flexibility index (Phi) is 5.12. The van der Waals surface area contributed by atoms with Gasteiger partial charge in [0.25, 0.3) is 0 Å². The molecule has 0 saturated heterocycles. The third kappa shape index (κ3) is 3.97. The van der Waals surface area contributed by atoms with Crippen LogP contribution in [0.15, 0.2) is 36.5 Å². The van der Waals surface area contributed by atoms with E-state index in [1.165, 1.54) is 39.0 Å². The lowest BCUT2D eigenvalue weighted by molar-refractivity contribution is -0.634. The molecule has 148 valence electrons. The molecule has 3 aromatic rings. The van der Waals surface area contributed by atoms with Crippen LogP contribution in [-0.4, -0.2) is 4.98 Å². The lowest BCUT2D eigenvalue weighted by Gasteiger charge is -2.22. The maximum Gasteiger partial charge on any atom is 0.231 e. The van der Waals surface area contributed by atoms with Crippen molar-refractivity contribution in [3.05, 3.63) is 58.8 Å². The smallest absolute Gasteiger partial charge is 0.231 e. The number of benzene rings is 2. The van der Waals surface area contributed by atoms with Gasteiger partial charge < -0.3 is 0 Å².